The number of amides is 1. The van der Waals surface area contributed by atoms with Crippen molar-refractivity contribution in [2.24, 2.45) is 0 Å². The van der Waals surface area contributed by atoms with Gasteiger partial charge in [0.15, 0.2) is 0 Å². The summed E-state index contributed by atoms with van der Waals surface area (Å²) in [6.45, 7) is 2.49. The highest BCUT2D eigenvalue weighted by atomic mass is 16.5. The van der Waals surface area contributed by atoms with Gasteiger partial charge in [-0.15, -0.1) is 6.42 Å². The van der Waals surface area contributed by atoms with Crippen LogP contribution in [0, 0.1) is 12.3 Å². The number of carbonyl (C=O) groups excluding carboxylic acids is 1. The predicted octanol–water partition coefficient (Wildman–Crippen LogP) is 2.69. The van der Waals surface area contributed by atoms with E-state index < -0.39 is 0 Å². The van der Waals surface area contributed by atoms with E-state index in [0.29, 0.717) is 11.6 Å². The standard InChI is InChI=1S/C20H22N2O3/c1-2-12-25-19-6-4-3-5-16(19)14-21-18-7-10-22(11-8-18)20(23)17-9-13-24-15-17/h1,3-6,9,13,15,18,21H,7-8,10-12,14H2. The van der Waals surface area contributed by atoms with Gasteiger partial charge < -0.3 is 19.4 Å². The molecule has 0 unspecified atom stereocenters. The molecule has 25 heavy (non-hydrogen) atoms. The quantitative estimate of drug-likeness (QED) is 0.823. The summed E-state index contributed by atoms with van der Waals surface area (Å²) in [4.78, 5) is 14.2. The Labute approximate surface area is 148 Å². The van der Waals surface area contributed by atoms with E-state index in [9.17, 15) is 4.79 Å². The Bertz CT molecular complexity index is 726. The van der Waals surface area contributed by atoms with Gasteiger partial charge in [0.1, 0.15) is 18.6 Å². The van der Waals surface area contributed by atoms with Crippen molar-refractivity contribution < 1.29 is 13.9 Å². The SMILES string of the molecule is C#CCOc1ccccc1CNC1CCN(C(=O)c2ccoc2)CC1. The third-order valence-electron chi connectivity index (χ3n) is 4.42. The van der Waals surface area contributed by atoms with Crippen LogP contribution in [0.3, 0.4) is 0 Å². The highest BCUT2D eigenvalue weighted by Crippen LogP contribution is 2.19. The first-order valence-corrected chi connectivity index (χ1v) is 8.47. The Morgan fingerprint density at radius 1 is 1.32 bits per heavy atom. The van der Waals surface area contributed by atoms with Gasteiger partial charge in [-0.3, -0.25) is 4.79 Å². The highest BCUT2D eigenvalue weighted by molar-refractivity contribution is 5.93. The highest BCUT2D eigenvalue weighted by Gasteiger charge is 2.24. The molecule has 5 heteroatoms. The fraction of sp³-hybridized carbons (Fsp3) is 0.350. The van der Waals surface area contributed by atoms with Gasteiger partial charge in [-0.1, -0.05) is 24.1 Å². The largest absolute Gasteiger partial charge is 0.481 e. The van der Waals surface area contributed by atoms with E-state index in [1.165, 1.54) is 12.5 Å². The monoisotopic (exact) mass is 338 g/mol. The molecule has 0 atom stereocenters. The number of carbonyl (C=O) groups is 1. The van der Waals surface area contributed by atoms with E-state index in [4.69, 9.17) is 15.6 Å². The average molecular weight is 338 g/mol. The Kier molecular flexibility index (Phi) is 5.76. The van der Waals surface area contributed by atoms with Crippen molar-refractivity contribution in [3.63, 3.8) is 0 Å². The van der Waals surface area contributed by atoms with Crippen molar-refractivity contribution in [3.05, 3.63) is 54.0 Å². The fourth-order valence-electron chi connectivity index (χ4n) is 3.02. The number of hydrogen-bond donors (Lipinski definition) is 1. The second-order valence-corrected chi connectivity index (χ2v) is 6.06. The van der Waals surface area contributed by atoms with Gasteiger partial charge in [0.25, 0.3) is 5.91 Å². The Morgan fingerprint density at radius 2 is 2.12 bits per heavy atom. The van der Waals surface area contributed by atoms with Crippen LogP contribution in [0.25, 0.3) is 0 Å². The van der Waals surface area contributed by atoms with Gasteiger partial charge >= 0.3 is 0 Å². The van der Waals surface area contributed by atoms with Crippen LogP contribution in [0.15, 0.2) is 47.3 Å². The van der Waals surface area contributed by atoms with Crippen molar-refractivity contribution in [3.8, 4) is 18.1 Å². The van der Waals surface area contributed by atoms with Crippen LogP contribution in [0.5, 0.6) is 5.75 Å². The lowest BCUT2D eigenvalue weighted by molar-refractivity contribution is 0.0704. The third kappa shape index (κ3) is 4.43. The third-order valence-corrected chi connectivity index (χ3v) is 4.42. The second kappa shape index (κ2) is 8.41. The summed E-state index contributed by atoms with van der Waals surface area (Å²) in [6, 6.07) is 9.99. The van der Waals surface area contributed by atoms with E-state index in [-0.39, 0.29) is 12.5 Å². The molecule has 5 nitrogen and oxygen atoms in total. The zero-order valence-electron chi connectivity index (χ0n) is 14.1. The zero-order valence-corrected chi connectivity index (χ0v) is 14.1. The Morgan fingerprint density at radius 3 is 2.84 bits per heavy atom. The lowest BCUT2D eigenvalue weighted by Gasteiger charge is -2.32. The lowest BCUT2D eigenvalue weighted by Crippen LogP contribution is -2.44. The van der Waals surface area contributed by atoms with E-state index in [1.807, 2.05) is 29.2 Å². The number of ether oxygens (including phenoxy) is 1. The first-order chi connectivity index (χ1) is 12.3. The summed E-state index contributed by atoms with van der Waals surface area (Å²) in [5, 5.41) is 3.56. The minimum Gasteiger partial charge on any atom is -0.481 e. The van der Waals surface area contributed by atoms with Crippen molar-refractivity contribution in [1.29, 1.82) is 0 Å². The summed E-state index contributed by atoms with van der Waals surface area (Å²) in [6.07, 6.45) is 10.1. The summed E-state index contributed by atoms with van der Waals surface area (Å²) in [5.74, 6) is 3.35. The number of likely N-dealkylation sites (tertiary alicyclic amines) is 1. The first-order valence-electron chi connectivity index (χ1n) is 8.47. The van der Waals surface area contributed by atoms with Gasteiger partial charge in [-0.05, 0) is 25.0 Å². The van der Waals surface area contributed by atoms with Crippen LogP contribution in [-0.4, -0.2) is 36.5 Å². The van der Waals surface area contributed by atoms with Gasteiger partial charge in [-0.2, -0.15) is 0 Å². The molecule has 0 bridgehead atoms. The molecule has 0 aliphatic carbocycles. The molecule has 1 N–H and O–H groups in total. The molecule has 0 spiro atoms. The molecule has 1 saturated heterocycles. The molecule has 2 heterocycles. The number of hydrogen-bond acceptors (Lipinski definition) is 4. The smallest absolute Gasteiger partial charge is 0.257 e. The number of benzene rings is 1. The predicted molar refractivity (Wildman–Crippen MR) is 95.2 cm³/mol. The molecule has 1 fully saturated rings. The van der Waals surface area contributed by atoms with Crippen molar-refractivity contribution in [1.82, 2.24) is 10.2 Å². The first kappa shape index (κ1) is 17.1. The summed E-state index contributed by atoms with van der Waals surface area (Å²) < 4.78 is 10.6. The molecular formula is C20H22N2O3. The fourth-order valence-corrected chi connectivity index (χ4v) is 3.02. The molecule has 0 saturated carbocycles. The van der Waals surface area contributed by atoms with Crippen LogP contribution in [0.4, 0.5) is 0 Å². The van der Waals surface area contributed by atoms with Crippen LogP contribution in [0.2, 0.25) is 0 Å². The Balaban J connectivity index is 1.48. The molecule has 1 amide bonds. The normalized spacial score (nSPS) is 14.9. The van der Waals surface area contributed by atoms with Crippen molar-refractivity contribution in [2.75, 3.05) is 19.7 Å². The minimum atomic E-state index is 0.0419. The number of rotatable bonds is 6. The maximum absolute atomic E-state index is 12.3. The summed E-state index contributed by atoms with van der Waals surface area (Å²) >= 11 is 0. The molecule has 1 aromatic heterocycles. The van der Waals surface area contributed by atoms with Gasteiger partial charge in [0, 0.05) is 31.2 Å². The summed E-state index contributed by atoms with van der Waals surface area (Å²) in [7, 11) is 0. The number of nitrogens with zero attached hydrogens (tertiary/aromatic N) is 1. The zero-order chi connectivity index (χ0) is 17.5. The number of nitrogens with one attached hydrogen (secondary N) is 1. The molecule has 3 rings (SSSR count). The molecule has 2 aromatic rings. The van der Waals surface area contributed by atoms with Gasteiger partial charge in [0.2, 0.25) is 0 Å². The van der Waals surface area contributed by atoms with Gasteiger partial charge in [-0.25, -0.2) is 0 Å². The van der Waals surface area contributed by atoms with E-state index in [2.05, 4.69) is 11.2 Å². The maximum Gasteiger partial charge on any atom is 0.257 e. The average Bonchev–Trinajstić information content (AvgIpc) is 3.20. The lowest BCUT2D eigenvalue weighted by atomic mass is 10.0. The minimum absolute atomic E-state index is 0.0419. The maximum atomic E-state index is 12.3. The molecule has 1 aromatic carbocycles. The van der Waals surface area contributed by atoms with E-state index in [1.54, 1.807) is 6.07 Å². The number of piperidine rings is 1. The number of furan rings is 1. The molecule has 130 valence electrons. The van der Waals surface area contributed by atoms with Crippen LogP contribution in [-0.2, 0) is 6.54 Å². The Hall–Kier alpha value is -2.71. The molecule has 0 radical (unpaired) electrons. The van der Waals surface area contributed by atoms with Crippen LogP contribution >= 0.6 is 0 Å². The second-order valence-electron chi connectivity index (χ2n) is 6.06. The van der Waals surface area contributed by atoms with Crippen molar-refractivity contribution >= 4 is 5.91 Å². The number of para-hydroxylation sites is 1. The van der Waals surface area contributed by atoms with Crippen molar-refractivity contribution in [2.45, 2.75) is 25.4 Å². The van der Waals surface area contributed by atoms with E-state index in [0.717, 1.165) is 43.8 Å². The molecule has 1 aliphatic rings. The van der Waals surface area contributed by atoms with E-state index >= 15 is 0 Å². The molecular weight excluding hydrogens is 316 g/mol. The van der Waals surface area contributed by atoms with Gasteiger partial charge in [0.05, 0.1) is 11.8 Å². The topological polar surface area (TPSA) is 54.7 Å². The van der Waals surface area contributed by atoms with Crippen LogP contribution in [0.1, 0.15) is 28.8 Å². The summed E-state index contributed by atoms with van der Waals surface area (Å²) in [5.41, 5.74) is 1.71. The van der Waals surface area contributed by atoms with Crippen LogP contribution < -0.4 is 10.1 Å². The molecule has 1 aliphatic heterocycles. The number of terminal acetylenes is 1.